The second-order valence-electron chi connectivity index (χ2n) is 7.72. The van der Waals surface area contributed by atoms with E-state index < -0.39 is 0 Å². The average Bonchev–Trinajstić information content (AvgIpc) is 2.71. The third-order valence-electron chi connectivity index (χ3n) is 4.49. The maximum Gasteiger partial charge on any atom is 0.266 e. The summed E-state index contributed by atoms with van der Waals surface area (Å²) < 4.78 is 5.65. The van der Waals surface area contributed by atoms with Crippen LogP contribution in [0.5, 0.6) is 5.75 Å². The number of ether oxygens (including phenoxy) is 1. The van der Waals surface area contributed by atoms with Crippen molar-refractivity contribution in [1.82, 2.24) is 4.98 Å². The SMILES string of the molecule is CC(C)(C)c1ccc(CN(C(=O)COc2ccccc2)c2ccccn2)cc1. The van der Waals surface area contributed by atoms with Gasteiger partial charge in [0.15, 0.2) is 6.61 Å². The number of aromatic nitrogens is 1. The Balaban J connectivity index is 1.76. The first-order chi connectivity index (χ1) is 13.4. The van der Waals surface area contributed by atoms with Crippen LogP contribution in [0.15, 0.2) is 79.0 Å². The van der Waals surface area contributed by atoms with Crippen LogP contribution in [0.3, 0.4) is 0 Å². The Morgan fingerprint density at radius 1 is 0.929 bits per heavy atom. The number of rotatable bonds is 6. The fourth-order valence-electron chi connectivity index (χ4n) is 2.84. The highest BCUT2D eigenvalue weighted by molar-refractivity contribution is 5.93. The third kappa shape index (κ3) is 5.19. The van der Waals surface area contributed by atoms with E-state index in [0.717, 1.165) is 5.56 Å². The van der Waals surface area contributed by atoms with Crippen molar-refractivity contribution in [2.75, 3.05) is 11.5 Å². The lowest BCUT2D eigenvalue weighted by molar-refractivity contribution is -0.120. The predicted molar refractivity (Wildman–Crippen MR) is 113 cm³/mol. The number of carbonyl (C=O) groups is 1. The molecule has 0 saturated heterocycles. The molecule has 1 amide bonds. The molecule has 144 valence electrons. The number of nitrogens with zero attached hydrogens (tertiary/aromatic N) is 2. The van der Waals surface area contributed by atoms with Crippen molar-refractivity contribution in [3.05, 3.63) is 90.1 Å². The van der Waals surface area contributed by atoms with Crippen molar-refractivity contribution in [3.63, 3.8) is 0 Å². The van der Waals surface area contributed by atoms with E-state index in [1.54, 1.807) is 11.1 Å². The highest BCUT2D eigenvalue weighted by Gasteiger charge is 2.19. The largest absolute Gasteiger partial charge is 0.484 e. The molecule has 0 aliphatic carbocycles. The molecule has 0 unspecified atom stereocenters. The van der Waals surface area contributed by atoms with E-state index in [0.29, 0.717) is 18.1 Å². The van der Waals surface area contributed by atoms with Crippen LogP contribution >= 0.6 is 0 Å². The summed E-state index contributed by atoms with van der Waals surface area (Å²) in [6.07, 6.45) is 1.69. The summed E-state index contributed by atoms with van der Waals surface area (Å²) >= 11 is 0. The van der Waals surface area contributed by atoms with E-state index in [1.807, 2.05) is 48.5 Å². The summed E-state index contributed by atoms with van der Waals surface area (Å²) in [7, 11) is 0. The Bertz CT molecular complexity index is 885. The van der Waals surface area contributed by atoms with Crippen LogP contribution in [0.4, 0.5) is 5.82 Å². The maximum absolute atomic E-state index is 12.9. The summed E-state index contributed by atoms with van der Waals surface area (Å²) in [5.74, 6) is 1.15. The van der Waals surface area contributed by atoms with Crippen LogP contribution in [-0.2, 0) is 16.8 Å². The molecule has 0 aliphatic heterocycles. The number of para-hydroxylation sites is 1. The zero-order chi connectivity index (χ0) is 20.0. The van der Waals surface area contributed by atoms with Gasteiger partial charge in [-0.3, -0.25) is 9.69 Å². The summed E-state index contributed by atoms with van der Waals surface area (Å²) in [4.78, 5) is 18.9. The van der Waals surface area contributed by atoms with E-state index in [1.165, 1.54) is 5.56 Å². The van der Waals surface area contributed by atoms with Gasteiger partial charge >= 0.3 is 0 Å². The number of hydrogen-bond donors (Lipinski definition) is 0. The van der Waals surface area contributed by atoms with Gasteiger partial charge in [-0.1, -0.05) is 69.3 Å². The molecule has 1 heterocycles. The Labute approximate surface area is 166 Å². The van der Waals surface area contributed by atoms with Gasteiger partial charge in [0, 0.05) is 6.20 Å². The molecule has 28 heavy (non-hydrogen) atoms. The minimum atomic E-state index is -0.137. The second-order valence-corrected chi connectivity index (χ2v) is 7.72. The molecule has 4 heteroatoms. The van der Waals surface area contributed by atoms with Crippen molar-refractivity contribution in [3.8, 4) is 5.75 Å². The lowest BCUT2D eigenvalue weighted by Crippen LogP contribution is -2.35. The Kier molecular flexibility index (Phi) is 6.09. The number of benzene rings is 2. The van der Waals surface area contributed by atoms with E-state index in [4.69, 9.17) is 4.74 Å². The van der Waals surface area contributed by atoms with Gasteiger partial charge in [0.1, 0.15) is 11.6 Å². The third-order valence-corrected chi connectivity index (χ3v) is 4.49. The molecule has 1 aromatic heterocycles. The average molecular weight is 374 g/mol. The van der Waals surface area contributed by atoms with Crippen molar-refractivity contribution in [2.45, 2.75) is 32.7 Å². The van der Waals surface area contributed by atoms with Gasteiger partial charge in [-0.2, -0.15) is 0 Å². The lowest BCUT2D eigenvalue weighted by atomic mass is 9.87. The molecule has 0 saturated carbocycles. The van der Waals surface area contributed by atoms with Gasteiger partial charge in [-0.15, -0.1) is 0 Å². The molecule has 0 atom stereocenters. The van der Waals surface area contributed by atoms with Crippen LogP contribution in [0, 0.1) is 0 Å². The monoisotopic (exact) mass is 374 g/mol. The van der Waals surface area contributed by atoms with Crippen LogP contribution in [0.25, 0.3) is 0 Å². The quantitative estimate of drug-likeness (QED) is 0.610. The molecule has 3 aromatic rings. The number of hydrogen-bond acceptors (Lipinski definition) is 3. The molecule has 0 fully saturated rings. The molecule has 4 nitrogen and oxygen atoms in total. The van der Waals surface area contributed by atoms with Gasteiger partial charge in [0.25, 0.3) is 5.91 Å². The molecule has 0 radical (unpaired) electrons. The minimum absolute atomic E-state index is 0.0410. The molecule has 0 spiro atoms. The summed E-state index contributed by atoms with van der Waals surface area (Å²) in [6, 6.07) is 23.3. The van der Waals surface area contributed by atoms with Gasteiger partial charge in [0.05, 0.1) is 6.54 Å². The molecule has 0 bridgehead atoms. The second kappa shape index (κ2) is 8.70. The number of anilines is 1. The first-order valence-corrected chi connectivity index (χ1v) is 9.42. The topological polar surface area (TPSA) is 42.4 Å². The molecular formula is C24H26N2O2. The zero-order valence-corrected chi connectivity index (χ0v) is 16.6. The Morgan fingerprint density at radius 2 is 1.61 bits per heavy atom. The van der Waals surface area contributed by atoms with Crippen LogP contribution in [0.1, 0.15) is 31.9 Å². The van der Waals surface area contributed by atoms with Crippen molar-refractivity contribution < 1.29 is 9.53 Å². The highest BCUT2D eigenvalue weighted by atomic mass is 16.5. The predicted octanol–water partition coefficient (Wildman–Crippen LogP) is 4.99. The van der Waals surface area contributed by atoms with Gasteiger partial charge in [-0.05, 0) is 40.8 Å². The molecule has 0 aliphatic rings. The zero-order valence-electron chi connectivity index (χ0n) is 16.6. The summed E-state index contributed by atoms with van der Waals surface area (Å²) in [5.41, 5.74) is 2.41. The van der Waals surface area contributed by atoms with E-state index >= 15 is 0 Å². The van der Waals surface area contributed by atoms with Crippen molar-refractivity contribution in [2.24, 2.45) is 0 Å². The first kappa shape index (κ1) is 19.6. The fraction of sp³-hybridized carbons (Fsp3) is 0.250. The minimum Gasteiger partial charge on any atom is -0.484 e. The van der Waals surface area contributed by atoms with Crippen molar-refractivity contribution >= 4 is 11.7 Å². The maximum atomic E-state index is 12.9. The molecular weight excluding hydrogens is 348 g/mol. The number of amides is 1. The molecule has 2 aromatic carbocycles. The van der Waals surface area contributed by atoms with E-state index in [-0.39, 0.29) is 17.9 Å². The Morgan fingerprint density at radius 3 is 2.21 bits per heavy atom. The van der Waals surface area contributed by atoms with E-state index in [2.05, 4.69) is 50.0 Å². The molecule has 3 rings (SSSR count). The van der Waals surface area contributed by atoms with Crippen LogP contribution < -0.4 is 9.64 Å². The normalized spacial score (nSPS) is 11.1. The highest BCUT2D eigenvalue weighted by Crippen LogP contribution is 2.23. The fourth-order valence-corrected chi connectivity index (χ4v) is 2.84. The van der Waals surface area contributed by atoms with Crippen molar-refractivity contribution in [1.29, 1.82) is 0 Å². The van der Waals surface area contributed by atoms with E-state index in [9.17, 15) is 4.79 Å². The first-order valence-electron chi connectivity index (χ1n) is 9.42. The smallest absolute Gasteiger partial charge is 0.266 e. The summed E-state index contributed by atoms with van der Waals surface area (Å²) in [5, 5.41) is 0. The van der Waals surface area contributed by atoms with Gasteiger partial charge in [0.2, 0.25) is 0 Å². The lowest BCUT2D eigenvalue weighted by Gasteiger charge is -2.23. The van der Waals surface area contributed by atoms with Gasteiger partial charge < -0.3 is 4.74 Å². The van der Waals surface area contributed by atoms with Crippen LogP contribution in [0.2, 0.25) is 0 Å². The number of pyridine rings is 1. The molecule has 0 N–H and O–H groups in total. The van der Waals surface area contributed by atoms with Crippen LogP contribution in [-0.4, -0.2) is 17.5 Å². The summed E-state index contributed by atoms with van der Waals surface area (Å²) in [6.45, 7) is 6.96. The Hall–Kier alpha value is -3.14. The standard InChI is InChI=1S/C24H26N2O2/c1-24(2,3)20-14-12-19(13-15-20)17-26(22-11-7-8-16-25-22)23(27)18-28-21-9-5-4-6-10-21/h4-16H,17-18H2,1-3H3. The number of carbonyl (C=O) groups excluding carboxylic acids is 1. The van der Waals surface area contributed by atoms with Gasteiger partial charge in [-0.25, -0.2) is 4.98 Å².